The van der Waals surface area contributed by atoms with Gasteiger partial charge < -0.3 is 28.4 Å². The zero-order valence-electron chi connectivity index (χ0n) is 29.4. The molecule has 0 aromatic heterocycles. The van der Waals surface area contributed by atoms with Crippen LogP contribution in [0.3, 0.4) is 0 Å². The predicted octanol–water partition coefficient (Wildman–Crippen LogP) is 3.78. The van der Waals surface area contributed by atoms with Crippen molar-refractivity contribution in [2.24, 2.45) is 11.8 Å². The molecule has 12 heteroatoms. The van der Waals surface area contributed by atoms with E-state index in [1.807, 2.05) is 13.8 Å². The molecule has 50 heavy (non-hydrogen) atoms. The minimum absolute atomic E-state index is 0.00599. The minimum Gasteiger partial charge on any atom is -0.457 e. The second-order valence-electron chi connectivity index (χ2n) is 16.6. The Morgan fingerprint density at radius 1 is 0.600 bits per heavy atom. The van der Waals surface area contributed by atoms with E-state index < -0.39 is 71.0 Å². The summed E-state index contributed by atoms with van der Waals surface area (Å²) < 4.78 is 37.7. The Morgan fingerprint density at radius 3 is 1.34 bits per heavy atom. The molecule has 0 aromatic carbocycles. The first-order valence-electron chi connectivity index (χ1n) is 18.0. The summed E-state index contributed by atoms with van der Waals surface area (Å²) >= 11 is 0. The second-order valence-corrected chi connectivity index (χ2v) is 16.6. The van der Waals surface area contributed by atoms with Crippen LogP contribution >= 0.6 is 0 Å². The van der Waals surface area contributed by atoms with Gasteiger partial charge in [-0.3, -0.25) is 19.2 Å². The van der Waals surface area contributed by atoms with Gasteiger partial charge in [-0.1, -0.05) is 24.3 Å². The highest BCUT2D eigenvalue weighted by atomic mass is 16.7. The quantitative estimate of drug-likeness (QED) is 0.234. The third-order valence-corrected chi connectivity index (χ3v) is 12.2. The lowest BCUT2D eigenvalue weighted by Crippen LogP contribution is -2.48. The summed E-state index contributed by atoms with van der Waals surface area (Å²) in [6.45, 7) is 15.3. The zero-order valence-corrected chi connectivity index (χ0v) is 29.4. The molecule has 0 spiro atoms. The highest BCUT2D eigenvalue weighted by molar-refractivity contribution is 5.93. The van der Waals surface area contributed by atoms with Crippen LogP contribution in [0, 0.1) is 11.8 Å². The van der Waals surface area contributed by atoms with Crippen molar-refractivity contribution >= 4 is 35.1 Å². The van der Waals surface area contributed by atoms with Crippen molar-refractivity contribution in [3.05, 3.63) is 24.3 Å². The summed E-state index contributed by atoms with van der Waals surface area (Å²) in [5.74, 6) is -2.58. The normalized spacial score (nSPS) is 46.6. The molecule has 0 aliphatic carbocycles. The Labute approximate surface area is 291 Å². The van der Waals surface area contributed by atoms with Crippen molar-refractivity contribution in [1.82, 2.24) is 0 Å². The fourth-order valence-corrected chi connectivity index (χ4v) is 9.19. The Balaban J connectivity index is 1.28. The van der Waals surface area contributed by atoms with Crippen LogP contribution < -0.4 is 0 Å². The molecule has 0 radical (unpaired) electrons. The Bertz CT molecular complexity index is 1450. The highest BCUT2D eigenvalue weighted by Crippen LogP contribution is 2.55. The molecule has 7 heterocycles. The van der Waals surface area contributed by atoms with E-state index in [0.717, 1.165) is 11.1 Å². The van der Waals surface area contributed by atoms with E-state index in [0.29, 0.717) is 12.8 Å². The van der Waals surface area contributed by atoms with Gasteiger partial charge in [0.15, 0.2) is 22.8 Å². The number of Topliss-reactive ketones (excluding diaryl/α,β-unsaturated/α-hetero) is 4. The molecule has 8 bridgehead atoms. The Hall–Kier alpha value is -3.06. The average Bonchev–Trinajstić information content (AvgIpc) is 3.88. The first kappa shape index (κ1) is 35.3. The van der Waals surface area contributed by atoms with E-state index in [2.05, 4.69) is 13.2 Å². The molecule has 0 aromatic rings. The van der Waals surface area contributed by atoms with E-state index in [1.54, 1.807) is 13.8 Å². The molecule has 7 rings (SSSR count). The predicted molar refractivity (Wildman–Crippen MR) is 174 cm³/mol. The Morgan fingerprint density at radius 2 is 0.980 bits per heavy atom. The van der Waals surface area contributed by atoms with Gasteiger partial charge in [0.2, 0.25) is 0 Å². The lowest BCUT2D eigenvalue weighted by molar-refractivity contribution is -0.166. The lowest BCUT2D eigenvalue weighted by atomic mass is 9.81. The van der Waals surface area contributed by atoms with E-state index in [9.17, 15) is 28.8 Å². The number of fused-ring (bicyclic) bond motifs is 4. The molecule has 1 unspecified atom stereocenters. The summed E-state index contributed by atoms with van der Waals surface area (Å²) in [5, 5.41) is 0. The van der Waals surface area contributed by atoms with Gasteiger partial charge in [0.25, 0.3) is 0 Å². The average molecular weight is 697 g/mol. The first-order valence-corrected chi connectivity index (χ1v) is 18.0. The number of epoxide rings is 2. The van der Waals surface area contributed by atoms with Crippen molar-refractivity contribution in [2.45, 2.75) is 164 Å². The van der Waals surface area contributed by atoms with Crippen molar-refractivity contribution in [3.8, 4) is 0 Å². The first-order chi connectivity index (χ1) is 23.4. The summed E-state index contributed by atoms with van der Waals surface area (Å²) in [7, 11) is 0. The molecule has 12 atom stereocenters. The largest absolute Gasteiger partial charge is 0.457 e. The van der Waals surface area contributed by atoms with Crippen LogP contribution in [0.2, 0.25) is 0 Å². The number of rotatable bonds is 2. The van der Waals surface area contributed by atoms with Crippen LogP contribution in [0.25, 0.3) is 0 Å². The molecule has 7 fully saturated rings. The smallest absolute Gasteiger partial charge is 0.341 e. The number of hydrogen-bond acceptors (Lipinski definition) is 12. The van der Waals surface area contributed by atoms with Crippen LogP contribution in [0.5, 0.6) is 0 Å². The molecule has 7 saturated heterocycles. The zero-order chi connectivity index (χ0) is 36.0. The molecule has 0 N–H and O–H groups in total. The van der Waals surface area contributed by atoms with E-state index in [1.165, 1.54) is 0 Å². The summed E-state index contributed by atoms with van der Waals surface area (Å²) in [6, 6.07) is 0. The van der Waals surface area contributed by atoms with Gasteiger partial charge in [-0.2, -0.15) is 0 Å². The van der Waals surface area contributed by atoms with Crippen LogP contribution in [0.15, 0.2) is 24.3 Å². The third kappa shape index (κ3) is 6.34. The number of allylic oxidation sites excluding steroid dienone is 2. The summed E-state index contributed by atoms with van der Waals surface area (Å²) in [4.78, 5) is 81.6. The number of esters is 2. The molecule has 272 valence electrons. The van der Waals surface area contributed by atoms with Crippen molar-refractivity contribution in [2.75, 3.05) is 0 Å². The minimum atomic E-state index is -1.50. The maximum atomic E-state index is 14.5. The fourth-order valence-electron chi connectivity index (χ4n) is 9.19. The Kier molecular flexibility index (Phi) is 8.68. The van der Waals surface area contributed by atoms with E-state index in [4.69, 9.17) is 28.4 Å². The van der Waals surface area contributed by atoms with Crippen LogP contribution in [0.4, 0.5) is 0 Å². The standard InChI is InChI=1S/C38H48O12/c1-19(2)21-7-9-37-31(49-37)29(17-35(5)15-25(41)27(47-35)13-23(39)11-21)46-34(44)38-10-8-22(20(3)4)12-24(40)14-28-26(42)16-36(6,48-28)18-30(32(38)50-38)45-33(37)43/h21-22,27-32H,1,3,7-18H2,2,4-6H3/t21-,22-,27-,28+,29+,30-,31-,32-,35-,36-,37+,38?/m1/s1. The number of carbonyl (C=O) groups excluding carboxylic acids is 6. The van der Waals surface area contributed by atoms with Gasteiger partial charge in [-0.15, -0.1) is 0 Å². The van der Waals surface area contributed by atoms with Crippen molar-refractivity contribution in [1.29, 1.82) is 0 Å². The molecular formula is C38H48O12. The molecular weight excluding hydrogens is 648 g/mol. The second kappa shape index (κ2) is 12.3. The SMILES string of the molecule is C=C(C)[C@@H]1CCC23O[C@@H]2[C@@H](C[C@@]2(C)CC(=O)[C@H](CC(=O)C1)O2)OC(=O)[C@]12CC[C@@H](C(=C)C)CC(=O)C[C@H]4O[C@](C)(CC4=O)C[C@H](OC3=O)[C@H]1O2. The van der Waals surface area contributed by atoms with Crippen molar-refractivity contribution < 1.29 is 57.2 Å². The highest BCUT2D eigenvalue weighted by Gasteiger charge is 2.74. The van der Waals surface area contributed by atoms with Gasteiger partial charge in [0.1, 0.15) is 48.2 Å². The van der Waals surface area contributed by atoms with E-state index in [-0.39, 0.29) is 99.2 Å². The number of carbonyl (C=O) groups is 6. The summed E-state index contributed by atoms with van der Waals surface area (Å²) in [5.41, 5.74) is -3.67. The molecule has 0 saturated carbocycles. The van der Waals surface area contributed by atoms with Crippen LogP contribution in [-0.4, -0.2) is 94.1 Å². The molecule has 12 nitrogen and oxygen atoms in total. The number of hydrogen-bond donors (Lipinski definition) is 0. The van der Waals surface area contributed by atoms with Gasteiger partial charge in [-0.25, -0.2) is 9.59 Å². The molecule has 7 aliphatic heterocycles. The summed E-state index contributed by atoms with van der Waals surface area (Å²) in [6.07, 6.45) is -4.32. The van der Waals surface area contributed by atoms with Gasteiger partial charge in [0, 0.05) is 51.4 Å². The number of ketones is 4. The van der Waals surface area contributed by atoms with Crippen molar-refractivity contribution in [3.63, 3.8) is 0 Å². The van der Waals surface area contributed by atoms with Gasteiger partial charge >= 0.3 is 11.9 Å². The van der Waals surface area contributed by atoms with E-state index >= 15 is 0 Å². The fraction of sp³-hybridized carbons (Fsp3) is 0.737. The maximum Gasteiger partial charge on any atom is 0.341 e. The van der Waals surface area contributed by atoms with Gasteiger partial charge in [0.05, 0.1) is 11.2 Å². The van der Waals surface area contributed by atoms with Gasteiger partial charge in [-0.05, 0) is 65.2 Å². The third-order valence-electron chi connectivity index (χ3n) is 12.2. The van der Waals surface area contributed by atoms with Crippen LogP contribution in [0.1, 0.15) is 105 Å². The lowest BCUT2D eigenvalue weighted by Gasteiger charge is -2.32. The molecule has 0 amide bonds. The maximum absolute atomic E-state index is 14.5. The molecule has 7 aliphatic rings. The topological polar surface area (TPSA) is 164 Å². The van der Waals surface area contributed by atoms with Crippen LogP contribution in [-0.2, 0) is 57.2 Å². The number of ether oxygens (including phenoxy) is 6. The monoisotopic (exact) mass is 696 g/mol.